The van der Waals surface area contributed by atoms with Gasteiger partial charge in [0.05, 0.1) is 19.4 Å². The lowest BCUT2D eigenvalue weighted by molar-refractivity contribution is -0.139. The van der Waals surface area contributed by atoms with E-state index in [1.807, 2.05) is 0 Å². The number of amides is 2. The zero-order chi connectivity index (χ0) is 16.7. The number of hydrogen-bond donors (Lipinski definition) is 3. The number of methoxy groups -OCH3 is 1. The highest BCUT2D eigenvalue weighted by molar-refractivity contribution is 6.35. The lowest BCUT2D eigenvalue weighted by Gasteiger charge is -2.09. The summed E-state index contributed by atoms with van der Waals surface area (Å²) in [6.07, 6.45) is 3.16. The molecule has 0 bridgehead atoms. The maximum atomic E-state index is 11.6. The third-order valence-electron chi connectivity index (χ3n) is 3.30. The van der Waals surface area contributed by atoms with Crippen LogP contribution in [0.4, 0.5) is 0 Å². The van der Waals surface area contributed by atoms with Crippen molar-refractivity contribution in [1.29, 1.82) is 0 Å². The van der Waals surface area contributed by atoms with Gasteiger partial charge < -0.3 is 19.9 Å². The predicted octanol–water partition coefficient (Wildman–Crippen LogP) is 0.146. The van der Waals surface area contributed by atoms with Crippen molar-refractivity contribution in [1.82, 2.24) is 10.7 Å². The van der Waals surface area contributed by atoms with Gasteiger partial charge in [-0.3, -0.25) is 9.59 Å². The van der Waals surface area contributed by atoms with E-state index in [0.29, 0.717) is 18.7 Å². The zero-order valence-corrected chi connectivity index (χ0v) is 12.7. The van der Waals surface area contributed by atoms with Gasteiger partial charge in [-0.15, -0.1) is 0 Å². The largest absolute Gasteiger partial charge is 0.504 e. The smallest absolute Gasteiger partial charge is 0.329 e. The summed E-state index contributed by atoms with van der Waals surface area (Å²) in [4.78, 5) is 23.2. The Balaban J connectivity index is 1.79. The van der Waals surface area contributed by atoms with Gasteiger partial charge in [0.25, 0.3) is 0 Å². The molecule has 1 saturated heterocycles. The van der Waals surface area contributed by atoms with Crippen molar-refractivity contribution in [3.05, 3.63) is 23.8 Å². The number of hydrogen-bond acceptors (Lipinski definition) is 6. The number of carbonyl (C=O) groups is 2. The lowest BCUT2D eigenvalue weighted by Crippen LogP contribution is -2.41. The molecule has 0 unspecified atom stereocenters. The van der Waals surface area contributed by atoms with Crippen molar-refractivity contribution in [2.24, 2.45) is 5.10 Å². The maximum Gasteiger partial charge on any atom is 0.329 e. The topological polar surface area (TPSA) is 109 Å². The SMILES string of the molecule is COc1cc(/C=N/NC(=O)C(=O)NC[C@@H]2CCCO2)ccc1O. The quantitative estimate of drug-likeness (QED) is 0.406. The molecule has 1 aromatic carbocycles. The van der Waals surface area contributed by atoms with Gasteiger partial charge in [-0.1, -0.05) is 0 Å². The van der Waals surface area contributed by atoms with Crippen LogP contribution in [-0.2, 0) is 14.3 Å². The second-order valence-electron chi connectivity index (χ2n) is 4.98. The molecular weight excluding hydrogens is 302 g/mol. The highest BCUT2D eigenvalue weighted by atomic mass is 16.5. The minimum absolute atomic E-state index is 0.00203. The van der Waals surface area contributed by atoms with E-state index in [-0.39, 0.29) is 17.6 Å². The molecule has 1 aliphatic heterocycles. The first-order valence-electron chi connectivity index (χ1n) is 7.20. The van der Waals surface area contributed by atoms with E-state index in [1.54, 1.807) is 12.1 Å². The van der Waals surface area contributed by atoms with Crippen LogP contribution < -0.4 is 15.5 Å². The van der Waals surface area contributed by atoms with Crippen LogP contribution in [0.1, 0.15) is 18.4 Å². The van der Waals surface area contributed by atoms with Crippen molar-refractivity contribution < 1.29 is 24.2 Å². The summed E-state index contributed by atoms with van der Waals surface area (Å²) in [5.41, 5.74) is 2.73. The fourth-order valence-electron chi connectivity index (χ4n) is 2.08. The van der Waals surface area contributed by atoms with Gasteiger partial charge in [0.15, 0.2) is 11.5 Å². The summed E-state index contributed by atoms with van der Waals surface area (Å²) in [6.45, 7) is 0.998. The Morgan fingerprint density at radius 2 is 2.30 bits per heavy atom. The molecule has 1 fully saturated rings. The number of phenols is 1. The normalized spacial score (nSPS) is 17.2. The molecule has 0 radical (unpaired) electrons. The molecule has 0 aromatic heterocycles. The first-order valence-corrected chi connectivity index (χ1v) is 7.20. The number of ether oxygens (including phenoxy) is 2. The van der Waals surface area contributed by atoms with E-state index >= 15 is 0 Å². The average Bonchev–Trinajstić information content (AvgIpc) is 3.07. The van der Waals surface area contributed by atoms with Crippen LogP contribution in [0.3, 0.4) is 0 Å². The maximum absolute atomic E-state index is 11.6. The highest BCUT2D eigenvalue weighted by Crippen LogP contribution is 2.25. The molecule has 0 spiro atoms. The number of rotatable bonds is 5. The molecular formula is C15H19N3O5. The molecule has 2 rings (SSSR count). The summed E-state index contributed by atoms with van der Waals surface area (Å²) in [6, 6.07) is 4.57. The standard InChI is InChI=1S/C15H19N3O5/c1-22-13-7-10(4-5-12(13)19)8-17-18-15(21)14(20)16-9-11-3-2-6-23-11/h4-5,7-8,11,19H,2-3,6,9H2,1H3,(H,16,20)(H,18,21)/b17-8+/t11-/m0/s1. The summed E-state index contributed by atoms with van der Waals surface area (Å²) >= 11 is 0. The third-order valence-corrected chi connectivity index (χ3v) is 3.30. The molecule has 124 valence electrons. The summed E-state index contributed by atoms with van der Waals surface area (Å²) in [7, 11) is 1.43. The summed E-state index contributed by atoms with van der Waals surface area (Å²) < 4.78 is 10.3. The Morgan fingerprint density at radius 1 is 1.48 bits per heavy atom. The van der Waals surface area contributed by atoms with Gasteiger partial charge in [0, 0.05) is 13.2 Å². The van der Waals surface area contributed by atoms with Gasteiger partial charge in [-0.2, -0.15) is 5.10 Å². The van der Waals surface area contributed by atoms with Crippen molar-refractivity contribution in [3.8, 4) is 11.5 Å². The first kappa shape index (κ1) is 16.8. The van der Waals surface area contributed by atoms with Crippen molar-refractivity contribution in [2.75, 3.05) is 20.3 Å². The van der Waals surface area contributed by atoms with Crippen LogP contribution in [0.5, 0.6) is 11.5 Å². The molecule has 1 aromatic rings. The van der Waals surface area contributed by atoms with E-state index in [4.69, 9.17) is 9.47 Å². The number of phenolic OH excluding ortho intramolecular Hbond substituents is 1. The Kier molecular flexibility index (Phi) is 5.93. The Hall–Kier alpha value is -2.61. The van der Waals surface area contributed by atoms with Crippen LogP contribution in [0.15, 0.2) is 23.3 Å². The minimum Gasteiger partial charge on any atom is -0.504 e. The van der Waals surface area contributed by atoms with Crippen molar-refractivity contribution in [3.63, 3.8) is 0 Å². The number of hydrazone groups is 1. The number of aromatic hydroxyl groups is 1. The fourth-order valence-corrected chi connectivity index (χ4v) is 2.08. The van der Waals surface area contributed by atoms with E-state index in [1.165, 1.54) is 19.4 Å². The van der Waals surface area contributed by atoms with E-state index in [9.17, 15) is 14.7 Å². The fraction of sp³-hybridized carbons (Fsp3) is 0.400. The van der Waals surface area contributed by atoms with Crippen molar-refractivity contribution in [2.45, 2.75) is 18.9 Å². The molecule has 3 N–H and O–H groups in total. The molecule has 8 heteroatoms. The van der Waals surface area contributed by atoms with Crippen LogP contribution in [0.25, 0.3) is 0 Å². The molecule has 0 saturated carbocycles. The molecule has 0 aliphatic carbocycles. The van der Waals surface area contributed by atoms with E-state index in [0.717, 1.165) is 12.8 Å². The number of nitrogens with one attached hydrogen (secondary N) is 2. The second-order valence-corrected chi connectivity index (χ2v) is 4.98. The number of nitrogens with zero attached hydrogens (tertiary/aromatic N) is 1. The van der Waals surface area contributed by atoms with E-state index in [2.05, 4.69) is 15.8 Å². The van der Waals surface area contributed by atoms with Gasteiger partial charge in [-0.25, -0.2) is 5.43 Å². The minimum atomic E-state index is -0.856. The third kappa shape index (κ3) is 4.96. The van der Waals surface area contributed by atoms with Crippen LogP contribution in [0.2, 0.25) is 0 Å². The first-order chi connectivity index (χ1) is 11.1. The monoisotopic (exact) mass is 321 g/mol. The number of carbonyl (C=O) groups excluding carboxylic acids is 2. The van der Waals surface area contributed by atoms with Crippen LogP contribution >= 0.6 is 0 Å². The summed E-state index contributed by atoms with van der Waals surface area (Å²) in [5.74, 6) is -1.33. The molecule has 8 nitrogen and oxygen atoms in total. The van der Waals surface area contributed by atoms with E-state index < -0.39 is 11.8 Å². The van der Waals surface area contributed by atoms with Crippen molar-refractivity contribution >= 4 is 18.0 Å². The Morgan fingerprint density at radius 3 is 3.00 bits per heavy atom. The molecule has 23 heavy (non-hydrogen) atoms. The van der Waals surface area contributed by atoms with Gasteiger partial charge in [0.1, 0.15) is 0 Å². The van der Waals surface area contributed by atoms with Crippen LogP contribution in [-0.4, -0.2) is 49.5 Å². The molecule has 1 atom stereocenters. The Bertz CT molecular complexity index is 597. The average molecular weight is 321 g/mol. The Labute approximate surface area is 133 Å². The van der Waals surface area contributed by atoms with Crippen LogP contribution in [0, 0.1) is 0 Å². The van der Waals surface area contributed by atoms with Gasteiger partial charge >= 0.3 is 11.8 Å². The second kappa shape index (κ2) is 8.14. The molecule has 1 heterocycles. The van der Waals surface area contributed by atoms with Gasteiger partial charge in [0.2, 0.25) is 0 Å². The lowest BCUT2D eigenvalue weighted by atomic mass is 10.2. The predicted molar refractivity (Wildman–Crippen MR) is 82.4 cm³/mol. The summed E-state index contributed by atoms with van der Waals surface area (Å²) in [5, 5.41) is 15.7. The highest BCUT2D eigenvalue weighted by Gasteiger charge is 2.18. The number of benzene rings is 1. The van der Waals surface area contributed by atoms with Gasteiger partial charge in [-0.05, 0) is 36.6 Å². The zero-order valence-electron chi connectivity index (χ0n) is 12.7. The molecule has 1 aliphatic rings. The molecule has 2 amide bonds.